The van der Waals surface area contributed by atoms with Crippen molar-refractivity contribution in [3.63, 3.8) is 0 Å². The molecule has 1 amide bonds. The van der Waals surface area contributed by atoms with Crippen LogP contribution in [0.5, 0.6) is 0 Å². The SMILES string of the molecule is Cc1cccc(NC(=O)Cc2c(F)c(F)c(F)c(F)c2F)c1C. The van der Waals surface area contributed by atoms with Gasteiger partial charge >= 0.3 is 0 Å². The van der Waals surface area contributed by atoms with E-state index in [-0.39, 0.29) is 0 Å². The third kappa shape index (κ3) is 3.18. The minimum Gasteiger partial charge on any atom is -0.326 e. The first kappa shape index (κ1) is 16.9. The van der Waals surface area contributed by atoms with Crippen molar-refractivity contribution in [2.75, 3.05) is 5.32 Å². The molecule has 0 radical (unpaired) electrons. The van der Waals surface area contributed by atoms with E-state index in [0.29, 0.717) is 5.69 Å². The Bertz CT molecular complexity index is 760. The van der Waals surface area contributed by atoms with Gasteiger partial charge in [-0.15, -0.1) is 0 Å². The highest BCUT2D eigenvalue weighted by molar-refractivity contribution is 5.93. The van der Waals surface area contributed by atoms with Crippen LogP contribution in [0.15, 0.2) is 18.2 Å². The lowest BCUT2D eigenvalue weighted by molar-refractivity contribution is -0.115. The van der Waals surface area contributed by atoms with Gasteiger partial charge in [-0.25, -0.2) is 22.0 Å². The number of rotatable bonds is 3. The van der Waals surface area contributed by atoms with Gasteiger partial charge in [0.25, 0.3) is 0 Å². The van der Waals surface area contributed by atoms with Crippen molar-refractivity contribution in [2.45, 2.75) is 20.3 Å². The zero-order valence-electron chi connectivity index (χ0n) is 12.2. The van der Waals surface area contributed by atoms with Crippen molar-refractivity contribution >= 4 is 11.6 Å². The fraction of sp³-hybridized carbons (Fsp3) is 0.188. The Labute approximate surface area is 128 Å². The smallest absolute Gasteiger partial charge is 0.229 e. The van der Waals surface area contributed by atoms with Gasteiger partial charge in [0.1, 0.15) is 0 Å². The number of carbonyl (C=O) groups is 1. The predicted molar refractivity (Wildman–Crippen MR) is 74.5 cm³/mol. The maximum atomic E-state index is 13.5. The number of hydrogen-bond acceptors (Lipinski definition) is 1. The normalized spacial score (nSPS) is 10.7. The van der Waals surface area contributed by atoms with Gasteiger partial charge in [0.15, 0.2) is 23.3 Å². The van der Waals surface area contributed by atoms with E-state index in [1.54, 1.807) is 32.0 Å². The van der Waals surface area contributed by atoms with Gasteiger partial charge < -0.3 is 5.32 Å². The molecule has 0 aliphatic carbocycles. The van der Waals surface area contributed by atoms with Gasteiger partial charge in [-0.3, -0.25) is 4.79 Å². The highest BCUT2D eigenvalue weighted by Gasteiger charge is 2.26. The summed E-state index contributed by atoms with van der Waals surface area (Å²) in [6, 6.07) is 5.03. The zero-order valence-corrected chi connectivity index (χ0v) is 12.2. The van der Waals surface area contributed by atoms with Crippen molar-refractivity contribution in [1.82, 2.24) is 0 Å². The van der Waals surface area contributed by atoms with Crippen LogP contribution < -0.4 is 5.32 Å². The Morgan fingerprint density at radius 1 is 0.913 bits per heavy atom. The van der Waals surface area contributed by atoms with E-state index in [1.807, 2.05) is 0 Å². The highest BCUT2D eigenvalue weighted by Crippen LogP contribution is 2.24. The molecule has 0 spiro atoms. The molecule has 23 heavy (non-hydrogen) atoms. The van der Waals surface area contributed by atoms with Crippen molar-refractivity contribution in [1.29, 1.82) is 0 Å². The van der Waals surface area contributed by atoms with Gasteiger partial charge in [0.2, 0.25) is 11.7 Å². The van der Waals surface area contributed by atoms with Gasteiger partial charge in [-0.05, 0) is 31.0 Å². The quantitative estimate of drug-likeness (QED) is 0.511. The van der Waals surface area contributed by atoms with Gasteiger partial charge in [-0.1, -0.05) is 12.1 Å². The summed E-state index contributed by atoms with van der Waals surface area (Å²) < 4.78 is 66.2. The third-order valence-corrected chi connectivity index (χ3v) is 3.52. The molecular formula is C16H12F5NO. The molecule has 0 unspecified atom stereocenters. The van der Waals surface area contributed by atoms with Crippen LogP contribution in [0.1, 0.15) is 16.7 Å². The van der Waals surface area contributed by atoms with E-state index in [1.165, 1.54) is 0 Å². The largest absolute Gasteiger partial charge is 0.326 e. The Hall–Kier alpha value is -2.44. The molecule has 0 aliphatic rings. The van der Waals surface area contributed by atoms with Crippen LogP contribution in [-0.2, 0) is 11.2 Å². The number of nitrogens with one attached hydrogen (secondary N) is 1. The van der Waals surface area contributed by atoms with E-state index < -0.39 is 47.0 Å². The molecule has 0 bridgehead atoms. The summed E-state index contributed by atoms with van der Waals surface area (Å²) in [5.74, 6) is -11.3. The summed E-state index contributed by atoms with van der Waals surface area (Å²) in [5, 5.41) is 2.40. The molecule has 2 aromatic carbocycles. The van der Waals surface area contributed by atoms with E-state index in [4.69, 9.17) is 0 Å². The molecule has 0 aliphatic heterocycles. The molecule has 0 atom stereocenters. The second kappa shape index (κ2) is 6.36. The highest BCUT2D eigenvalue weighted by atomic mass is 19.2. The van der Waals surface area contributed by atoms with Gasteiger partial charge in [0, 0.05) is 11.3 Å². The van der Waals surface area contributed by atoms with Crippen LogP contribution in [0, 0.1) is 42.9 Å². The number of anilines is 1. The van der Waals surface area contributed by atoms with Crippen LogP contribution in [0.2, 0.25) is 0 Å². The van der Waals surface area contributed by atoms with Gasteiger partial charge in [0.05, 0.1) is 6.42 Å². The molecule has 1 N–H and O–H groups in total. The third-order valence-electron chi connectivity index (χ3n) is 3.52. The topological polar surface area (TPSA) is 29.1 Å². The number of benzene rings is 2. The lowest BCUT2D eigenvalue weighted by Gasteiger charge is -2.11. The molecule has 0 saturated carbocycles. The van der Waals surface area contributed by atoms with Crippen molar-refractivity contribution in [3.8, 4) is 0 Å². The maximum absolute atomic E-state index is 13.5. The Balaban J connectivity index is 2.30. The Kier molecular flexibility index (Phi) is 4.68. The van der Waals surface area contributed by atoms with Crippen LogP contribution >= 0.6 is 0 Å². The van der Waals surface area contributed by atoms with Crippen molar-refractivity contribution < 1.29 is 26.7 Å². The number of carbonyl (C=O) groups excluding carboxylic acids is 1. The predicted octanol–water partition coefficient (Wildman–Crippen LogP) is 4.18. The number of aryl methyl sites for hydroxylation is 1. The zero-order chi connectivity index (χ0) is 17.3. The monoisotopic (exact) mass is 329 g/mol. The Morgan fingerprint density at radius 2 is 1.43 bits per heavy atom. The Morgan fingerprint density at radius 3 is 2.00 bits per heavy atom. The molecule has 7 heteroatoms. The fourth-order valence-corrected chi connectivity index (χ4v) is 2.05. The number of amides is 1. The minimum atomic E-state index is -2.25. The van der Waals surface area contributed by atoms with Crippen LogP contribution in [0.3, 0.4) is 0 Å². The van der Waals surface area contributed by atoms with E-state index in [0.717, 1.165) is 11.1 Å². The summed E-state index contributed by atoms with van der Waals surface area (Å²) >= 11 is 0. The lowest BCUT2D eigenvalue weighted by Crippen LogP contribution is -2.19. The first-order valence-corrected chi connectivity index (χ1v) is 6.60. The number of hydrogen-bond donors (Lipinski definition) is 1. The molecule has 0 saturated heterocycles. The summed E-state index contributed by atoms with van der Waals surface area (Å²) in [5.41, 5.74) is 0.848. The van der Waals surface area contributed by atoms with Crippen LogP contribution in [0.25, 0.3) is 0 Å². The second-order valence-electron chi connectivity index (χ2n) is 5.02. The lowest BCUT2D eigenvalue weighted by atomic mass is 10.1. The summed E-state index contributed by atoms with van der Waals surface area (Å²) in [6.45, 7) is 3.53. The fourth-order valence-electron chi connectivity index (χ4n) is 2.05. The molecule has 0 aromatic heterocycles. The van der Waals surface area contributed by atoms with E-state index >= 15 is 0 Å². The molecular weight excluding hydrogens is 317 g/mol. The minimum absolute atomic E-state index is 0.402. The summed E-state index contributed by atoms with van der Waals surface area (Å²) in [6.07, 6.45) is -0.973. The summed E-state index contributed by atoms with van der Waals surface area (Å²) in [4.78, 5) is 11.9. The first-order valence-electron chi connectivity index (χ1n) is 6.60. The molecule has 0 fully saturated rings. The van der Waals surface area contributed by atoms with E-state index in [9.17, 15) is 26.7 Å². The number of halogens is 5. The molecule has 2 aromatic rings. The molecule has 2 nitrogen and oxygen atoms in total. The first-order chi connectivity index (χ1) is 10.7. The average molecular weight is 329 g/mol. The molecule has 0 heterocycles. The van der Waals surface area contributed by atoms with Crippen molar-refractivity contribution in [3.05, 3.63) is 64.0 Å². The van der Waals surface area contributed by atoms with Crippen LogP contribution in [0.4, 0.5) is 27.6 Å². The van der Waals surface area contributed by atoms with E-state index in [2.05, 4.69) is 5.32 Å². The second-order valence-corrected chi connectivity index (χ2v) is 5.02. The van der Waals surface area contributed by atoms with Crippen LogP contribution in [-0.4, -0.2) is 5.91 Å². The summed E-state index contributed by atoms with van der Waals surface area (Å²) in [7, 11) is 0. The standard InChI is InChI=1S/C16H12F5NO/c1-7-4-3-5-10(8(7)2)22-11(23)6-9-12(17)14(19)16(21)15(20)13(9)18/h3-5H,6H2,1-2H3,(H,22,23). The maximum Gasteiger partial charge on any atom is 0.229 e. The van der Waals surface area contributed by atoms with Crippen molar-refractivity contribution in [2.24, 2.45) is 0 Å². The van der Waals surface area contributed by atoms with Gasteiger partial charge in [-0.2, -0.15) is 0 Å². The molecule has 122 valence electrons. The average Bonchev–Trinajstić information content (AvgIpc) is 2.52. The molecule has 2 rings (SSSR count).